The van der Waals surface area contributed by atoms with E-state index in [0.717, 1.165) is 6.42 Å². The van der Waals surface area contributed by atoms with Gasteiger partial charge in [-0.1, -0.05) is 27.7 Å². The number of hydrogen-bond donors (Lipinski definition) is 2. The minimum atomic E-state index is -3.53. The van der Waals surface area contributed by atoms with E-state index in [0.29, 0.717) is 30.8 Å². The minimum Gasteiger partial charge on any atom is -0.452 e. The Morgan fingerprint density at radius 2 is 2.10 bits per heavy atom. The van der Waals surface area contributed by atoms with Crippen LogP contribution in [0.15, 0.2) is 20.0 Å². The molecule has 0 bridgehead atoms. The van der Waals surface area contributed by atoms with Crippen molar-refractivity contribution in [3.63, 3.8) is 0 Å². The second-order valence-electron chi connectivity index (χ2n) is 6.63. The molecule has 1 aromatic rings. The number of furan rings is 1. The standard InChI is InChI=1S/C14H23BrN2O3S/c1-9(2)16-8-11-5-12(13(15)20-11)21(18,19)17-7-10-6-14(10,3)4/h5,9-10,16-17H,6-8H2,1-4H3. The van der Waals surface area contributed by atoms with Crippen molar-refractivity contribution in [2.45, 2.75) is 51.6 Å². The molecule has 0 spiro atoms. The summed E-state index contributed by atoms with van der Waals surface area (Å²) in [7, 11) is -3.53. The molecule has 0 radical (unpaired) electrons. The fourth-order valence-corrected chi connectivity index (χ4v) is 4.26. The maximum Gasteiger partial charge on any atom is 0.244 e. The lowest BCUT2D eigenvalue weighted by Crippen LogP contribution is -2.26. The summed E-state index contributed by atoms with van der Waals surface area (Å²) < 4.78 is 33.0. The van der Waals surface area contributed by atoms with Gasteiger partial charge in [-0.2, -0.15) is 0 Å². The van der Waals surface area contributed by atoms with Crippen LogP contribution in [0.1, 0.15) is 39.9 Å². The average molecular weight is 379 g/mol. The Bertz CT molecular complexity index is 608. The van der Waals surface area contributed by atoms with Crippen molar-refractivity contribution < 1.29 is 12.8 Å². The number of rotatable bonds is 7. The summed E-state index contributed by atoms with van der Waals surface area (Å²) in [6.45, 7) is 9.32. The summed E-state index contributed by atoms with van der Waals surface area (Å²) >= 11 is 3.19. The summed E-state index contributed by atoms with van der Waals surface area (Å²) in [5.74, 6) is 1.02. The molecule has 1 unspecified atom stereocenters. The van der Waals surface area contributed by atoms with Gasteiger partial charge in [0.05, 0.1) is 6.54 Å². The molecule has 7 heteroatoms. The smallest absolute Gasteiger partial charge is 0.244 e. The molecule has 0 saturated heterocycles. The molecule has 1 aliphatic carbocycles. The van der Waals surface area contributed by atoms with Crippen LogP contribution in [0, 0.1) is 11.3 Å². The first-order valence-corrected chi connectivity index (χ1v) is 9.41. The van der Waals surface area contributed by atoms with Gasteiger partial charge in [-0.25, -0.2) is 13.1 Å². The van der Waals surface area contributed by atoms with Gasteiger partial charge in [0.25, 0.3) is 0 Å². The van der Waals surface area contributed by atoms with Gasteiger partial charge in [0.15, 0.2) is 4.67 Å². The lowest BCUT2D eigenvalue weighted by atomic mass is 10.1. The fourth-order valence-electron chi connectivity index (χ4n) is 2.19. The maximum absolute atomic E-state index is 12.3. The van der Waals surface area contributed by atoms with Gasteiger partial charge < -0.3 is 9.73 Å². The van der Waals surface area contributed by atoms with Crippen LogP contribution in [0.25, 0.3) is 0 Å². The highest BCUT2D eigenvalue weighted by atomic mass is 79.9. The summed E-state index contributed by atoms with van der Waals surface area (Å²) in [4.78, 5) is 0.168. The molecule has 5 nitrogen and oxygen atoms in total. The second-order valence-corrected chi connectivity index (χ2v) is 9.08. The third-order valence-electron chi connectivity index (χ3n) is 3.92. The Labute approximate surface area is 135 Å². The SMILES string of the molecule is CC(C)NCc1cc(S(=O)(=O)NCC2CC2(C)C)c(Br)o1. The van der Waals surface area contributed by atoms with Gasteiger partial charge in [0.1, 0.15) is 10.7 Å². The second kappa shape index (κ2) is 6.02. The van der Waals surface area contributed by atoms with Crippen LogP contribution >= 0.6 is 15.9 Å². The molecule has 1 heterocycles. The van der Waals surface area contributed by atoms with Crippen LogP contribution in [0.5, 0.6) is 0 Å². The zero-order chi connectivity index (χ0) is 15.8. The highest BCUT2D eigenvalue weighted by Crippen LogP contribution is 2.51. The van der Waals surface area contributed by atoms with Gasteiger partial charge >= 0.3 is 0 Å². The van der Waals surface area contributed by atoms with Crippen LogP contribution in [0.4, 0.5) is 0 Å². The van der Waals surface area contributed by atoms with Gasteiger partial charge in [-0.15, -0.1) is 0 Å². The fraction of sp³-hybridized carbons (Fsp3) is 0.714. The zero-order valence-corrected chi connectivity index (χ0v) is 15.3. The summed E-state index contributed by atoms with van der Waals surface area (Å²) in [6.07, 6.45) is 1.06. The molecule has 2 rings (SSSR count). The molecular formula is C14H23BrN2O3S. The van der Waals surface area contributed by atoms with Crippen molar-refractivity contribution in [3.8, 4) is 0 Å². The largest absolute Gasteiger partial charge is 0.452 e. The third kappa shape index (κ3) is 4.31. The van der Waals surface area contributed by atoms with E-state index >= 15 is 0 Å². The third-order valence-corrected chi connectivity index (χ3v) is 6.20. The molecule has 0 aliphatic heterocycles. The van der Waals surface area contributed by atoms with Crippen LogP contribution in [0.2, 0.25) is 0 Å². The van der Waals surface area contributed by atoms with E-state index in [1.165, 1.54) is 0 Å². The molecular weight excluding hydrogens is 356 g/mol. The first kappa shape index (κ1) is 17.0. The number of nitrogens with one attached hydrogen (secondary N) is 2. The zero-order valence-electron chi connectivity index (χ0n) is 12.9. The average Bonchev–Trinajstić information content (AvgIpc) is 2.78. The predicted octanol–water partition coefficient (Wildman–Crippen LogP) is 2.86. The van der Waals surface area contributed by atoms with Crippen LogP contribution in [0.3, 0.4) is 0 Å². The molecule has 1 saturated carbocycles. The van der Waals surface area contributed by atoms with E-state index < -0.39 is 10.0 Å². The van der Waals surface area contributed by atoms with E-state index in [1.807, 2.05) is 13.8 Å². The molecule has 120 valence electrons. The molecule has 1 aliphatic rings. The first-order valence-electron chi connectivity index (χ1n) is 7.13. The van der Waals surface area contributed by atoms with Gasteiger partial charge in [-0.05, 0) is 33.7 Å². The summed E-state index contributed by atoms with van der Waals surface area (Å²) in [5.41, 5.74) is 0.252. The molecule has 2 N–H and O–H groups in total. The van der Waals surface area contributed by atoms with Crippen LogP contribution in [-0.2, 0) is 16.6 Å². The molecule has 1 atom stereocenters. The van der Waals surface area contributed by atoms with E-state index in [4.69, 9.17) is 4.42 Å². The lowest BCUT2D eigenvalue weighted by molar-refractivity contribution is 0.447. The highest BCUT2D eigenvalue weighted by Gasteiger charge is 2.45. The summed E-state index contributed by atoms with van der Waals surface area (Å²) in [5, 5.41) is 3.19. The number of hydrogen-bond acceptors (Lipinski definition) is 4. The highest BCUT2D eigenvalue weighted by molar-refractivity contribution is 9.10. The van der Waals surface area contributed by atoms with Gasteiger partial charge in [0, 0.05) is 18.7 Å². The Balaban J connectivity index is 2.02. The Hall–Kier alpha value is -0.370. The van der Waals surface area contributed by atoms with Crippen LogP contribution < -0.4 is 10.0 Å². The monoisotopic (exact) mass is 378 g/mol. The molecule has 21 heavy (non-hydrogen) atoms. The van der Waals surface area contributed by atoms with Crippen molar-refractivity contribution in [2.75, 3.05) is 6.54 Å². The first-order chi connectivity index (χ1) is 9.62. The molecule has 1 fully saturated rings. The van der Waals surface area contributed by atoms with Crippen molar-refractivity contribution >= 4 is 26.0 Å². The molecule has 1 aromatic heterocycles. The Morgan fingerprint density at radius 1 is 1.48 bits per heavy atom. The van der Waals surface area contributed by atoms with Gasteiger partial charge in [0.2, 0.25) is 10.0 Å². The van der Waals surface area contributed by atoms with Crippen molar-refractivity contribution in [2.24, 2.45) is 11.3 Å². The lowest BCUT2D eigenvalue weighted by Gasteiger charge is -2.06. The normalized spacial score (nSPS) is 21.0. The van der Waals surface area contributed by atoms with Crippen molar-refractivity contribution in [1.29, 1.82) is 0 Å². The van der Waals surface area contributed by atoms with Crippen molar-refractivity contribution in [1.82, 2.24) is 10.0 Å². The number of halogens is 1. The van der Waals surface area contributed by atoms with Crippen LogP contribution in [-0.4, -0.2) is 21.0 Å². The van der Waals surface area contributed by atoms with Crippen molar-refractivity contribution in [3.05, 3.63) is 16.5 Å². The summed E-state index contributed by atoms with van der Waals surface area (Å²) in [6, 6.07) is 1.88. The van der Waals surface area contributed by atoms with E-state index in [9.17, 15) is 8.42 Å². The molecule has 0 aromatic carbocycles. The van der Waals surface area contributed by atoms with E-state index in [1.54, 1.807) is 6.07 Å². The minimum absolute atomic E-state index is 0.168. The van der Waals surface area contributed by atoms with Gasteiger partial charge in [-0.3, -0.25) is 0 Å². The Kier molecular flexibility index (Phi) is 4.87. The number of sulfonamides is 1. The van der Waals surface area contributed by atoms with E-state index in [2.05, 4.69) is 39.8 Å². The Morgan fingerprint density at radius 3 is 2.62 bits per heavy atom. The molecule has 0 amide bonds. The topological polar surface area (TPSA) is 71.3 Å². The maximum atomic E-state index is 12.3. The predicted molar refractivity (Wildman–Crippen MR) is 85.5 cm³/mol. The van der Waals surface area contributed by atoms with E-state index in [-0.39, 0.29) is 15.0 Å². The quantitative estimate of drug-likeness (QED) is 0.764.